The molecule has 12 rings (SSSR count). The van der Waals surface area contributed by atoms with Gasteiger partial charge in [-0.2, -0.15) is 13.2 Å². The number of alkyl halides is 3. The molecule has 4 radical (unpaired) electrons. The van der Waals surface area contributed by atoms with Crippen molar-refractivity contribution in [1.82, 2.24) is 39.9 Å². The summed E-state index contributed by atoms with van der Waals surface area (Å²) in [6, 6.07) is 52.3. The first-order valence-electron chi connectivity index (χ1n) is 44.0. The van der Waals surface area contributed by atoms with Gasteiger partial charge in [0.2, 0.25) is 0 Å². The zero-order chi connectivity index (χ0) is 102. The molecular weight excluding hydrogens is 2520 g/mol. The fourth-order valence-corrected chi connectivity index (χ4v) is 11.5. The molecule has 4 heterocycles. The number of aliphatic hydroxyl groups is 8. The summed E-state index contributed by atoms with van der Waals surface area (Å²) in [6.07, 6.45) is -3.58. The summed E-state index contributed by atoms with van der Waals surface area (Å²) >= 11 is 0. The molecule has 0 spiro atoms. The van der Waals surface area contributed by atoms with Gasteiger partial charge in [-0.25, -0.2) is 17.6 Å². The van der Waals surface area contributed by atoms with Gasteiger partial charge in [-0.1, -0.05) is 187 Å². The smallest absolute Gasteiger partial charge is 0.393 e. The number of hydrogen-bond acceptors (Lipinski definition) is 16. The van der Waals surface area contributed by atoms with Gasteiger partial charge in [-0.15, -0.1) is 119 Å². The van der Waals surface area contributed by atoms with Crippen molar-refractivity contribution in [2.24, 2.45) is 38.4 Å². The largest absolute Gasteiger partial charge is 0.414 e. The quantitative estimate of drug-likeness (QED) is 0.0311. The van der Waals surface area contributed by atoms with Gasteiger partial charge in [-0.05, 0) is 143 Å². The van der Waals surface area contributed by atoms with Crippen LogP contribution in [0.2, 0.25) is 0 Å². The maximum absolute atomic E-state index is 13.1. The van der Waals surface area contributed by atoms with E-state index in [2.05, 4.69) is 64.1 Å². The van der Waals surface area contributed by atoms with Crippen molar-refractivity contribution in [3.05, 3.63) is 288 Å². The van der Waals surface area contributed by atoms with E-state index in [0.717, 1.165) is 45.0 Å². The van der Waals surface area contributed by atoms with Crippen LogP contribution in [0, 0.1) is 137 Å². The van der Waals surface area contributed by atoms with Crippen molar-refractivity contribution in [3.8, 4) is 90.1 Å². The fraction of sp³-hybridized carbons (Fsp3) is 0.407. The number of aryl methyl sites for hydroxylation is 4. The number of aromatic nitrogens is 8. The van der Waals surface area contributed by atoms with E-state index in [0.29, 0.717) is 87.1 Å². The van der Waals surface area contributed by atoms with E-state index in [1.165, 1.54) is 97.1 Å². The minimum absolute atomic E-state index is 0. The molecule has 0 saturated heterocycles. The third-order valence-electron chi connectivity index (χ3n) is 21.1. The summed E-state index contributed by atoms with van der Waals surface area (Å²) < 4.78 is 140. The molecule has 8 unspecified atom stereocenters. The van der Waals surface area contributed by atoms with Crippen LogP contribution in [0.3, 0.4) is 0 Å². The number of benzene rings is 8. The van der Waals surface area contributed by atoms with Crippen molar-refractivity contribution in [3.63, 3.8) is 0 Å². The molecule has 4 aromatic heterocycles. The van der Waals surface area contributed by atoms with Crippen LogP contribution in [0.1, 0.15) is 187 Å². The van der Waals surface area contributed by atoms with Crippen LogP contribution < -0.4 is 0 Å². The first-order valence-corrected chi connectivity index (χ1v) is 44.0. The van der Waals surface area contributed by atoms with Gasteiger partial charge < -0.3 is 60.8 Å². The molecule has 0 aliphatic rings. The van der Waals surface area contributed by atoms with Crippen LogP contribution in [0.25, 0.3) is 90.1 Å². The maximum atomic E-state index is 13.1. The van der Waals surface area contributed by atoms with Gasteiger partial charge >= 0.3 is 6.18 Å². The van der Waals surface area contributed by atoms with E-state index < -0.39 is 60.7 Å². The molecule has 8 aromatic carbocycles. The predicted molar refractivity (Wildman–Crippen MR) is 510 cm³/mol. The second-order valence-corrected chi connectivity index (χ2v) is 39.6. The van der Waals surface area contributed by atoms with Gasteiger partial charge in [0.05, 0.1) is 88.3 Å². The van der Waals surface area contributed by atoms with Crippen LogP contribution in [-0.4, -0.2) is 136 Å². The number of aliphatic hydroxyl groups excluding tert-OH is 8. The second-order valence-electron chi connectivity index (χ2n) is 39.6. The molecule has 0 aliphatic heterocycles. The summed E-state index contributed by atoms with van der Waals surface area (Å²) in [6.45, 7) is 45.8. The van der Waals surface area contributed by atoms with Crippen LogP contribution in [0.5, 0.6) is 0 Å². The third kappa shape index (κ3) is 44.6. The molecule has 8 atom stereocenters. The molecule has 0 aliphatic carbocycles. The average Bonchev–Trinajstić information content (AvgIpc) is 0.814. The first-order chi connectivity index (χ1) is 62.4. The molecule has 139 heavy (non-hydrogen) atoms. The zero-order valence-corrected chi connectivity index (χ0v) is 92.2. The van der Waals surface area contributed by atoms with E-state index >= 15 is 0 Å². The Hall–Kier alpha value is -8.41. The molecule has 0 fully saturated rings. The zero-order valence-electron chi connectivity index (χ0n) is 82.6. The molecule has 8 N–H and O–H groups in total. The standard InChI is InChI=1S/4C17H11F2N2.2C11H24O2.C10H22O2.C8H15F3O2.4Ir/c4*1-11-10-20-16(12-2-6-14(18)7-3-12)17(21-11)13-4-8-15(19)9-5-13;2*1-10(2,3)8(12)7-9(13)11(4,5)6;1-7(2)8(11)6-9(12)10(3,4)5;1-7(2,3)5(12)4-6(13)8(9,10)11;;;;/h4*2,4-10H,1H3;2*8-9,12-13H,7H2,1-6H3;7-9,11-12H,6H2,1-5H3;5-6,12-13H,4H2,1-3H3;;;;/q4*-1;;;;;;;;. The second kappa shape index (κ2) is 57.8. The Kier molecular flexibility index (Phi) is 53.4. The first kappa shape index (κ1) is 129. The van der Waals surface area contributed by atoms with Gasteiger partial charge in [0, 0.05) is 171 Å². The molecule has 0 amide bonds. The van der Waals surface area contributed by atoms with E-state index in [4.69, 9.17) is 5.11 Å². The molecule has 31 heteroatoms. The third-order valence-corrected chi connectivity index (χ3v) is 21.1. The molecule has 16 nitrogen and oxygen atoms in total. The maximum Gasteiger partial charge on any atom is 0.414 e. The molecule has 0 bridgehead atoms. The Morgan fingerprint density at radius 3 is 0.561 bits per heavy atom. The Morgan fingerprint density at radius 2 is 0.410 bits per heavy atom. The minimum atomic E-state index is -4.65. The van der Waals surface area contributed by atoms with Crippen molar-refractivity contribution in [2.75, 3.05) is 0 Å². The van der Waals surface area contributed by atoms with Crippen molar-refractivity contribution >= 4 is 0 Å². The SMILES string of the molecule is CC(C)(C)C(O)CC(O)C(C)(C)C.CC(C)(C)C(O)CC(O)C(C)(C)C.CC(C)(C)C(O)CC(O)C(F)(F)F.CC(C)C(O)CC(O)C(C)(C)C.Cc1cnc(-c2[c-]cc(F)cc2)c(-c2ccc(F)cc2)n1.Cc1cnc(-c2[c-]cc(F)cc2)c(-c2ccc(F)cc2)n1.Cc1cnc(-c2[c-]cc(F)cc2)c(-c2ccc(F)cc2)n1.Cc1cnc(-c2[c-]cc(F)cc2)c(-c2ccc(F)cc2)n1.[Ir].[Ir].[Ir].[Ir]. The van der Waals surface area contributed by atoms with Gasteiger partial charge in [0.15, 0.2) is 6.10 Å². The predicted octanol–water partition coefficient (Wildman–Crippen LogP) is 24.7. The molecule has 12 aromatic rings. The average molecular weight is 2650 g/mol. The number of halogens is 11. The Bertz CT molecular complexity index is 4910. The van der Waals surface area contributed by atoms with Gasteiger partial charge in [-0.3, -0.25) is 37.5 Å². The molecular formula is C108H129F11Ir4N8O8-4. The minimum Gasteiger partial charge on any atom is -0.393 e. The normalized spacial score (nSPS) is 13.2. The van der Waals surface area contributed by atoms with Crippen molar-refractivity contribution in [2.45, 2.75) is 247 Å². The summed E-state index contributed by atoms with van der Waals surface area (Å²) in [5, 5.41) is 76.1. The Balaban J connectivity index is 0.000000801. The summed E-state index contributed by atoms with van der Waals surface area (Å²) in [5.74, 6) is -2.46. The number of rotatable bonds is 17. The Labute approximate surface area is 866 Å². The topological polar surface area (TPSA) is 265 Å². The van der Waals surface area contributed by atoms with Gasteiger partial charge in [0.1, 0.15) is 23.3 Å². The fourth-order valence-electron chi connectivity index (χ4n) is 11.5. The van der Waals surface area contributed by atoms with Crippen LogP contribution >= 0.6 is 0 Å². The van der Waals surface area contributed by atoms with E-state index in [9.17, 15) is 84.0 Å². The van der Waals surface area contributed by atoms with Crippen molar-refractivity contribution in [1.29, 1.82) is 0 Å². The van der Waals surface area contributed by atoms with E-state index in [-0.39, 0.29) is 166 Å². The summed E-state index contributed by atoms with van der Waals surface area (Å²) in [5.41, 5.74) is 12.1. The Morgan fingerprint density at radius 1 is 0.245 bits per heavy atom. The van der Waals surface area contributed by atoms with Gasteiger partial charge in [0.25, 0.3) is 0 Å². The molecule has 766 valence electrons. The van der Waals surface area contributed by atoms with Crippen LogP contribution in [0.4, 0.5) is 48.3 Å². The number of hydrogen-bond donors (Lipinski definition) is 8. The summed E-state index contributed by atoms with van der Waals surface area (Å²) in [4.78, 5) is 35.4. The molecule has 0 saturated carbocycles. The van der Waals surface area contributed by atoms with E-state index in [1.807, 2.05) is 145 Å². The van der Waals surface area contributed by atoms with E-state index in [1.54, 1.807) is 118 Å². The summed E-state index contributed by atoms with van der Waals surface area (Å²) in [7, 11) is 0. The van der Waals surface area contributed by atoms with Crippen LogP contribution in [0.15, 0.2) is 195 Å². The number of nitrogens with zero attached hydrogens (tertiary/aromatic N) is 8. The van der Waals surface area contributed by atoms with Crippen LogP contribution in [-0.2, 0) is 80.4 Å². The monoisotopic (exact) mass is 2650 g/mol. The van der Waals surface area contributed by atoms with Crippen molar-refractivity contribution < 1.29 is 170 Å².